The van der Waals surface area contributed by atoms with E-state index < -0.39 is 5.91 Å². The Morgan fingerprint density at radius 1 is 0.950 bits per heavy atom. The average Bonchev–Trinajstić information content (AvgIpc) is 3.72. The van der Waals surface area contributed by atoms with E-state index in [9.17, 15) is 14.9 Å². The Bertz CT molecular complexity index is 1470. The Kier molecular flexibility index (Phi) is 7.12. The van der Waals surface area contributed by atoms with Crippen molar-refractivity contribution in [2.45, 2.75) is 51.0 Å². The maximum atomic E-state index is 12.9. The molecule has 2 aromatic carbocycles. The molecule has 1 aromatic heterocycles. The third kappa shape index (κ3) is 5.24. The lowest BCUT2D eigenvalue weighted by atomic mass is 9.79. The van der Waals surface area contributed by atoms with E-state index in [1.807, 2.05) is 70.1 Å². The number of piperidine rings is 1. The van der Waals surface area contributed by atoms with Crippen molar-refractivity contribution in [3.8, 4) is 28.8 Å². The molecule has 3 aromatic rings. The first-order chi connectivity index (χ1) is 19.5. The van der Waals surface area contributed by atoms with E-state index in [0.29, 0.717) is 48.6 Å². The third-order valence-corrected chi connectivity index (χ3v) is 8.34. The standard InChI is InChI=1S/C32H33N5O3/c33-20-24(19-21-8-9-21)32(39)36-17-14-22(15-18-36)27-7-4-16-37-29(30(34)38)28(35-31(27)37)23-10-12-26(13-11-23)40-25-5-2-1-3-6-25/h1-3,5-6,10-13,19,21-22,27H,4,7-9,14-18H2,(H2,34,38)/b24-19+. The molecule has 0 spiro atoms. The summed E-state index contributed by atoms with van der Waals surface area (Å²) >= 11 is 0. The lowest BCUT2D eigenvalue weighted by molar-refractivity contribution is -0.128. The van der Waals surface area contributed by atoms with Gasteiger partial charge in [0.2, 0.25) is 0 Å². The number of nitriles is 1. The van der Waals surface area contributed by atoms with Crippen LogP contribution in [0.5, 0.6) is 11.5 Å². The highest BCUT2D eigenvalue weighted by Gasteiger charge is 2.37. The molecule has 2 N–H and O–H groups in total. The zero-order valence-electron chi connectivity index (χ0n) is 22.5. The number of hydrogen-bond acceptors (Lipinski definition) is 5. The maximum absolute atomic E-state index is 12.9. The number of aromatic nitrogens is 2. The molecule has 2 fully saturated rings. The number of allylic oxidation sites excluding steroid dienone is 1. The van der Waals surface area contributed by atoms with Gasteiger partial charge in [-0.15, -0.1) is 0 Å². The molecule has 6 rings (SSSR count). The SMILES string of the molecule is N#C/C(=C\C1CC1)C(=O)N1CCC(C2CCCn3c2nc(-c2ccc(Oc4ccccc4)cc2)c3C(N)=O)CC1. The molecule has 40 heavy (non-hydrogen) atoms. The number of amides is 2. The first kappa shape index (κ1) is 25.9. The first-order valence-corrected chi connectivity index (χ1v) is 14.2. The predicted octanol–water partition coefficient (Wildman–Crippen LogP) is 5.42. The van der Waals surface area contributed by atoms with E-state index in [1.165, 1.54) is 0 Å². The molecular formula is C32H33N5O3. The monoisotopic (exact) mass is 535 g/mol. The van der Waals surface area contributed by atoms with Gasteiger partial charge in [0.25, 0.3) is 11.8 Å². The van der Waals surface area contributed by atoms with Gasteiger partial charge in [-0.2, -0.15) is 5.26 Å². The molecule has 1 atom stereocenters. The summed E-state index contributed by atoms with van der Waals surface area (Å²) in [4.78, 5) is 32.5. The molecule has 1 saturated heterocycles. The van der Waals surface area contributed by atoms with Crippen LogP contribution in [0.4, 0.5) is 0 Å². The lowest BCUT2D eigenvalue weighted by Gasteiger charge is -2.37. The van der Waals surface area contributed by atoms with Crippen molar-refractivity contribution in [1.82, 2.24) is 14.5 Å². The van der Waals surface area contributed by atoms with E-state index in [-0.39, 0.29) is 17.4 Å². The molecule has 8 heteroatoms. The summed E-state index contributed by atoms with van der Waals surface area (Å²) in [5.74, 6) is 2.67. The second-order valence-electron chi connectivity index (χ2n) is 11.0. The summed E-state index contributed by atoms with van der Waals surface area (Å²) in [5.41, 5.74) is 8.07. The van der Waals surface area contributed by atoms with E-state index in [2.05, 4.69) is 6.07 Å². The zero-order valence-corrected chi connectivity index (χ0v) is 22.5. The molecule has 1 saturated carbocycles. The number of hydrogen-bond donors (Lipinski definition) is 1. The molecule has 0 bridgehead atoms. The van der Waals surface area contributed by atoms with Crippen LogP contribution in [0.1, 0.15) is 60.8 Å². The van der Waals surface area contributed by atoms with Gasteiger partial charge in [-0.05, 0) is 86.8 Å². The smallest absolute Gasteiger partial charge is 0.267 e. The normalized spacial score (nSPS) is 19.5. The average molecular weight is 536 g/mol. The summed E-state index contributed by atoms with van der Waals surface area (Å²) in [6.45, 7) is 1.97. The number of benzene rings is 2. The highest BCUT2D eigenvalue weighted by molar-refractivity contribution is 5.98. The number of carbonyl (C=O) groups excluding carboxylic acids is 2. The van der Waals surface area contributed by atoms with Crippen LogP contribution < -0.4 is 10.5 Å². The molecule has 204 valence electrons. The number of nitrogens with zero attached hydrogens (tertiary/aromatic N) is 4. The summed E-state index contributed by atoms with van der Waals surface area (Å²) in [5, 5.41) is 9.50. The fourth-order valence-electron chi connectivity index (χ4n) is 6.11. The van der Waals surface area contributed by atoms with Crippen LogP contribution in [-0.2, 0) is 11.3 Å². The molecule has 8 nitrogen and oxygen atoms in total. The second kappa shape index (κ2) is 11.0. The summed E-state index contributed by atoms with van der Waals surface area (Å²) in [7, 11) is 0. The van der Waals surface area contributed by atoms with Crippen LogP contribution in [-0.4, -0.2) is 39.4 Å². The second-order valence-corrected chi connectivity index (χ2v) is 11.0. The largest absolute Gasteiger partial charge is 0.457 e. The van der Waals surface area contributed by atoms with E-state index in [1.54, 1.807) is 0 Å². The molecule has 2 aliphatic heterocycles. The summed E-state index contributed by atoms with van der Waals surface area (Å²) in [6.07, 6.45) is 7.60. The Hall–Kier alpha value is -4.38. The van der Waals surface area contributed by atoms with Crippen molar-refractivity contribution >= 4 is 11.8 Å². The molecule has 1 aliphatic carbocycles. The zero-order chi connectivity index (χ0) is 27.6. The lowest BCUT2D eigenvalue weighted by Crippen LogP contribution is -2.41. The Morgan fingerprint density at radius 3 is 2.30 bits per heavy atom. The fraction of sp³-hybridized carbons (Fsp3) is 0.375. The van der Waals surface area contributed by atoms with Crippen LogP contribution >= 0.6 is 0 Å². The Morgan fingerprint density at radius 2 is 1.65 bits per heavy atom. The number of likely N-dealkylation sites (tertiary alicyclic amines) is 1. The first-order valence-electron chi connectivity index (χ1n) is 14.2. The van der Waals surface area contributed by atoms with Gasteiger partial charge < -0.3 is 19.9 Å². The van der Waals surface area contributed by atoms with E-state index >= 15 is 0 Å². The van der Waals surface area contributed by atoms with Crippen LogP contribution in [0.3, 0.4) is 0 Å². The van der Waals surface area contributed by atoms with Gasteiger partial charge >= 0.3 is 0 Å². The van der Waals surface area contributed by atoms with Crippen LogP contribution in [0, 0.1) is 23.2 Å². The van der Waals surface area contributed by atoms with E-state index in [4.69, 9.17) is 15.5 Å². The number of fused-ring (bicyclic) bond motifs is 1. The van der Waals surface area contributed by atoms with Crippen LogP contribution in [0.2, 0.25) is 0 Å². The molecule has 2 amide bonds. The van der Waals surface area contributed by atoms with Gasteiger partial charge in [-0.25, -0.2) is 4.98 Å². The van der Waals surface area contributed by atoms with E-state index in [0.717, 1.165) is 55.7 Å². The Balaban J connectivity index is 1.20. The predicted molar refractivity (Wildman–Crippen MR) is 150 cm³/mol. The topological polar surface area (TPSA) is 114 Å². The molecule has 3 heterocycles. The highest BCUT2D eigenvalue weighted by Crippen LogP contribution is 2.41. The van der Waals surface area contributed by atoms with Crippen LogP contribution in [0.25, 0.3) is 11.3 Å². The fourth-order valence-corrected chi connectivity index (χ4v) is 6.11. The summed E-state index contributed by atoms with van der Waals surface area (Å²) in [6, 6.07) is 19.3. The van der Waals surface area contributed by atoms with Gasteiger partial charge in [0.1, 0.15) is 40.4 Å². The number of carbonyl (C=O) groups is 2. The van der Waals surface area contributed by atoms with Crippen molar-refractivity contribution in [3.63, 3.8) is 0 Å². The van der Waals surface area contributed by atoms with Gasteiger partial charge in [0.05, 0.1) is 0 Å². The number of imidazole rings is 1. The van der Waals surface area contributed by atoms with Gasteiger partial charge in [-0.1, -0.05) is 24.3 Å². The van der Waals surface area contributed by atoms with Crippen molar-refractivity contribution in [1.29, 1.82) is 5.26 Å². The molecule has 3 aliphatic rings. The van der Waals surface area contributed by atoms with Crippen molar-refractivity contribution in [3.05, 3.63) is 77.8 Å². The Labute approximate surface area is 234 Å². The molecular weight excluding hydrogens is 502 g/mol. The minimum Gasteiger partial charge on any atom is -0.457 e. The molecule has 1 unspecified atom stereocenters. The van der Waals surface area contributed by atoms with Crippen molar-refractivity contribution < 1.29 is 14.3 Å². The number of rotatable bonds is 7. The quantitative estimate of drug-likeness (QED) is 0.321. The third-order valence-electron chi connectivity index (χ3n) is 8.34. The van der Waals surface area contributed by atoms with Crippen LogP contribution in [0.15, 0.2) is 66.2 Å². The number of primary amides is 1. The minimum atomic E-state index is -0.481. The minimum absolute atomic E-state index is 0.143. The maximum Gasteiger partial charge on any atom is 0.267 e. The summed E-state index contributed by atoms with van der Waals surface area (Å²) < 4.78 is 7.95. The molecule has 0 radical (unpaired) electrons. The van der Waals surface area contributed by atoms with Crippen molar-refractivity contribution in [2.75, 3.05) is 13.1 Å². The number of ether oxygens (including phenoxy) is 1. The highest BCUT2D eigenvalue weighted by atomic mass is 16.5. The van der Waals surface area contributed by atoms with Gasteiger partial charge in [-0.3, -0.25) is 9.59 Å². The van der Waals surface area contributed by atoms with Gasteiger partial charge in [0.15, 0.2) is 0 Å². The van der Waals surface area contributed by atoms with Gasteiger partial charge in [0, 0.05) is 31.1 Å². The number of para-hydroxylation sites is 1. The number of nitrogens with two attached hydrogens (primary N) is 1. The van der Waals surface area contributed by atoms with Crippen molar-refractivity contribution in [2.24, 2.45) is 17.6 Å².